The molecule has 0 amide bonds. The lowest BCUT2D eigenvalue weighted by molar-refractivity contribution is -0.0173. The van der Waals surface area contributed by atoms with Crippen molar-refractivity contribution in [3.8, 4) is 0 Å². The minimum atomic E-state index is 0.0861. The van der Waals surface area contributed by atoms with Crippen LogP contribution in [0, 0.1) is 0 Å². The van der Waals surface area contributed by atoms with Crippen LogP contribution in [0.15, 0.2) is 27.5 Å². The number of ether oxygens (including phenoxy) is 1. The van der Waals surface area contributed by atoms with Crippen molar-refractivity contribution >= 4 is 50.6 Å². The van der Waals surface area contributed by atoms with E-state index in [-0.39, 0.29) is 12.2 Å². The van der Waals surface area contributed by atoms with E-state index in [0.29, 0.717) is 0 Å². The van der Waals surface area contributed by atoms with Gasteiger partial charge in [-0.2, -0.15) is 11.3 Å². The number of nitrogens with zero attached hydrogens (tertiary/aromatic N) is 4. The molecule has 1 saturated heterocycles. The summed E-state index contributed by atoms with van der Waals surface area (Å²) in [6, 6.07) is 2.14. The molecule has 0 radical (unpaired) electrons. The van der Waals surface area contributed by atoms with Crippen molar-refractivity contribution in [2.24, 2.45) is 0 Å². The lowest BCUT2D eigenvalue weighted by Crippen LogP contribution is -2.43. The van der Waals surface area contributed by atoms with Crippen LogP contribution in [0.1, 0.15) is 18.6 Å². The average molecular weight is 365 g/mol. The molecule has 4 heterocycles. The second-order valence-corrected chi connectivity index (χ2v) is 8.26. The van der Waals surface area contributed by atoms with Gasteiger partial charge in [0, 0.05) is 13.1 Å². The Morgan fingerprint density at radius 2 is 2.26 bits per heavy atom. The summed E-state index contributed by atoms with van der Waals surface area (Å²) >= 11 is 5.02. The zero-order valence-electron chi connectivity index (χ0n) is 12.8. The summed E-state index contributed by atoms with van der Waals surface area (Å²) in [5.41, 5.74) is 2.03. The quantitative estimate of drug-likeness (QED) is 0.658. The molecule has 23 heavy (non-hydrogen) atoms. The fraction of sp³-hybridized carbons (Fsp3) is 0.400. The van der Waals surface area contributed by atoms with Gasteiger partial charge in [-0.1, -0.05) is 11.8 Å². The Kier molecular flexibility index (Phi) is 4.23. The SMILES string of the molecule is CSc1nc2ncnc(N3CC(C)OC(c4ccsc4)C3)c2s1. The van der Waals surface area contributed by atoms with Crippen LogP contribution in [-0.4, -0.2) is 40.4 Å². The fourth-order valence-electron chi connectivity index (χ4n) is 2.80. The van der Waals surface area contributed by atoms with Crippen LogP contribution >= 0.6 is 34.4 Å². The lowest BCUT2D eigenvalue weighted by atomic mass is 10.1. The molecule has 8 heteroatoms. The molecule has 5 nitrogen and oxygen atoms in total. The van der Waals surface area contributed by atoms with Gasteiger partial charge in [-0.25, -0.2) is 15.0 Å². The van der Waals surface area contributed by atoms with Gasteiger partial charge in [0.05, 0.1) is 6.10 Å². The Balaban J connectivity index is 1.70. The zero-order chi connectivity index (χ0) is 15.8. The van der Waals surface area contributed by atoms with E-state index < -0.39 is 0 Å². The van der Waals surface area contributed by atoms with Crippen LogP contribution in [-0.2, 0) is 4.74 Å². The van der Waals surface area contributed by atoms with Crippen LogP contribution in [0.4, 0.5) is 5.82 Å². The highest BCUT2D eigenvalue weighted by molar-refractivity contribution is 8.00. The monoisotopic (exact) mass is 364 g/mol. The van der Waals surface area contributed by atoms with Gasteiger partial charge in [0.15, 0.2) is 15.8 Å². The number of hydrogen-bond acceptors (Lipinski definition) is 8. The minimum absolute atomic E-state index is 0.0861. The summed E-state index contributed by atoms with van der Waals surface area (Å²) in [5.74, 6) is 0.975. The second-order valence-electron chi connectivity index (χ2n) is 5.43. The number of fused-ring (bicyclic) bond motifs is 1. The van der Waals surface area contributed by atoms with Crippen molar-refractivity contribution in [1.82, 2.24) is 15.0 Å². The van der Waals surface area contributed by atoms with Gasteiger partial charge in [-0.3, -0.25) is 0 Å². The fourth-order valence-corrected chi connectivity index (χ4v) is 5.03. The maximum Gasteiger partial charge on any atom is 0.176 e. The molecule has 0 spiro atoms. The van der Waals surface area contributed by atoms with E-state index in [0.717, 1.165) is 33.6 Å². The van der Waals surface area contributed by atoms with E-state index >= 15 is 0 Å². The Morgan fingerprint density at radius 3 is 3.04 bits per heavy atom. The average Bonchev–Trinajstić information content (AvgIpc) is 3.22. The molecule has 4 rings (SSSR count). The summed E-state index contributed by atoms with van der Waals surface area (Å²) in [5, 5.41) is 4.26. The van der Waals surface area contributed by atoms with Gasteiger partial charge in [0.1, 0.15) is 17.1 Å². The van der Waals surface area contributed by atoms with Crippen molar-refractivity contribution in [1.29, 1.82) is 0 Å². The molecule has 0 N–H and O–H groups in total. The highest BCUT2D eigenvalue weighted by atomic mass is 32.2. The first-order valence-corrected chi connectivity index (χ1v) is 10.3. The largest absolute Gasteiger partial charge is 0.367 e. The molecule has 3 aromatic rings. The molecule has 1 fully saturated rings. The second kappa shape index (κ2) is 6.35. The van der Waals surface area contributed by atoms with Crippen molar-refractivity contribution in [2.45, 2.75) is 23.5 Å². The normalized spacial score (nSPS) is 21.9. The summed E-state index contributed by atoms with van der Waals surface area (Å²) in [4.78, 5) is 15.7. The third kappa shape index (κ3) is 2.96. The number of rotatable bonds is 3. The van der Waals surface area contributed by atoms with E-state index in [1.807, 2.05) is 6.26 Å². The molecule has 2 atom stereocenters. The maximum atomic E-state index is 6.13. The summed E-state index contributed by atoms with van der Waals surface area (Å²) < 4.78 is 8.22. The van der Waals surface area contributed by atoms with E-state index in [2.05, 4.69) is 43.6 Å². The van der Waals surface area contributed by atoms with Gasteiger partial charge < -0.3 is 9.64 Å². The third-order valence-corrected chi connectivity index (χ3v) is 6.53. The van der Waals surface area contributed by atoms with Crippen LogP contribution < -0.4 is 4.90 Å². The first-order valence-electron chi connectivity index (χ1n) is 7.32. The van der Waals surface area contributed by atoms with Crippen molar-refractivity contribution in [3.63, 3.8) is 0 Å². The number of hydrogen-bond donors (Lipinski definition) is 0. The molecule has 3 aromatic heterocycles. The molecule has 1 aliphatic heterocycles. The van der Waals surface area contributed by atoms with E-state index in [9.17, 15) is 0 Å². The predicted molar refractivity (Wildman–Crippen MR) is 96.8 cm³/mol. The molecular formula is C15H16N4OS3. The van der Waals surface area contributed by atoms with Crippen LogP contribution in [0.3, 0.4) is 0 Å². The smallest absolute Gasteiger partial charge is 0.176 e. The van der Waals surface area contributed by atoms with Crippen molar-refractivity contribution in [2.75, 3.05) is 24.2 Å². The topological polar surface area (TPSA) is 51.1 Å². The first-order chi connectivity index (χ1) is 11.2. The molecule has 0 bridgehead atoms. The minimum Gasteiger partial charge on any atom is -0.367 e. The number of thiazole rings is 1. The molecule has 0 aromatic carbocycles. The number of morpholine rings is 1. The first kappa shape index (κ1) is 15.3. The van der Waals surface area contributed by atoms with E-state index in [1.54, 1.807) is 40.8 Å². The van der Waals surface area contributed by atoms with Crippen molar-refractivity contribution < 1.29 is 4.74 Å². The van der Waals surface area contributed by atoms with Gasteiger partial charge in [-0.05, 0) is 35.6 Å². The number of thioether (sulfide) groups is 1. The number of thiophene rings is 1. The highest BCUT2D eigenvalue weighted by Gasteiger charge is 2.29. The van der Waals surface area contributed by atoms with Crippen molar-refractivity contribution in [3.05, 3.63) is 28.7 Å². The Bertz CT molecular complexity index is 804. The number of aromatic nitrogens is 3. The van der Waals surface area contributed by atoms with Gasteiger partial charge in [0.25, 0.3) is 0 Å². The Hall–Kier alpha value is -1.22. The van der Waals surface area contributed by atoms with E-state index in [1.165, 1.54) is 5.56 Å². The van der Waals surface area contributed by atoms with Crippen LogP contribution in [0.5, 0.6) is 0 Å². The zero-order valence-corrected chi connectivity index (χ0v) is 15.2. The van der Waals surface area contributed by atoms with Gasteiger partial charge in [-0.15, -0.1) is 11.3 Å². The van der Waals surface area contributed by atoms with Crippen LogP contribution in [0.2, 0.25) is 0 Å². The summed E-state index contributed by atoms with van der Waals surface area (Å²) in [6.45, 7) is 3.75. The molecule has 0 aliphatic carbocycles. The standard InChI is InChI=1S/C15H16N4OS3/c1-9-5-19(6-11(20-9)10-3-4-22-7-10)14-12-13(16-8-17-14)18-15(21-2)23-12/h3-4,7-9,11H,5-6H2,1-2H3. The van der Waals surface area contributed by atoms with Gasteiger partial charge in [0.2, 0.25) is 0 Å². The van der Waals surface area contributed by atoms with Gasteiger partial charge >= 0.3 is 0 Å². The molecule has 0 saturated carbocycles. The van der Waals surface area contributed by atoms with E-state index in [4.69, 9.17) is 4.74 Å². The molecule has 2 unspecified atom stereocenters. The maximum absolute atomic E-state index is 6.13. The predicted octanol–water partition coefficient (Wildman–Crippen LogP) is 3.84. The molecular weight excluding hydrogens is 348 g/mol. The molecule has 1 aliphatic rings. The number of anilines is 1. The lowest BCUT2D eigenvalue weighted by Gasteiger charge is -2.37. The highest BCUT2D eigenvalue weighted by Crippen LogP contribution is 2.35. The Morgan fingerprint density at radius 1 is 1.35 bits per heavy atom. The Labute approximate surface area is 146 Å². The third-order valence-electron chi connectivity index (χ3n) is 3.80. The summed E-state index contributed by atoms with van der Waals surface area (Å²) in [7, 11) is 0. The van der Waals surface area contributed by atoms with Crippen LogP contribution in [0.25, 0.3) is 10.3 Å². The molecule has 120 valence electrons. The summed E-state index contributed by atoms with van der Waals surface area (Å²) in [6.07, 6.45) is 3.89.